The van der Waals surface area contributed by atoms with E-state index < -0.39 is 0 Å². The van der Waals surface area contributed by atoms with E-state index in [1.807, 2.05) is 0 Å². The summed E-state index contributed by atoms with van der Waals surface area (Å²) in [4.78, 5) is 27.3. The summed E-state index contributed by atoms with van der Waals surface area (Å²) in [5, 5.41) is 0. The van der Waals surface area contributed by atoms with Crippen molar-refractivity contribution in [3.05, 3.63) is 0 Å². The summed E-state index contributed by atoms with van der Waals surface area (Å²) in [5.41, 5.74) is 0. The normalized spacial score (nSPS) is 12.1. The fourth-order valence-corrected chi connectivity index (χ4v) is 5.96. The zero-order valence-electron chi connectivity index (χ0n) is 30.7. The number of hydrogen-bond acceptors (Lipinski definition) is 6. The molecule has 0 rings (SSSR count). The Morgan fingerprint density at radius 3 is 1.51 bits per heavy atom. The lowest BCUT2D eigenvalue weighted by Gasteiger charge is -2.22. The van der Waals surface area contributed by atoms with Crippen LogP contribution in [0.2, 0.25) is 0 Å². The third-order valence-electron chi connectivity index (χ3n) is 8.95. The monoisotopic (exact) mass is 640 g/mol. The van der Waals surface area contributed by atoms with Crippen LogP contribution in [0.15, 0.2) is 0 Å². The fraction of sp³-hybridized carbons (Fsp3) is 0.949. The fourth-order valence-electron chi connectivity index (χ4n) is 5.96. The Morgan fingerprint density at radius 2 is 0.933 bits per heavy atom. The van der Waals surface area contributed by atoms with Crippen LogP contribution in [0.3, 0.4) is 0 Å². The Labute approximate surface area is 280 Å². The third-order valence-corrected chi connectivity index (χ3v) is 8.95. The molecule has 0 aromatic heterocycles. The zero-order chi connectivity index (χ0) is 33.1. The molecular formula is C39H77NO5. The molecule has 45 heavy (non-hydrogen) atoms. The topological polar surface area (TPSA) is 65.1 Å². The summed E-state index contributed by atoms with van der Waals surface area (Å²) in [6.45, 7) is 12.0. The molecule has 1 unspecified atom stereocenters. The summed E-state index contributed by atoms with van der Waals surface area (Å²) in [6, 6.07) is 0. The van der Waals surface area contributed by atoms with Crippen molar-refractivity contribution >= 4 is 11.9 Å². The molecule has 0 aliphatic heterocycles. The number of hydrogen-bond donors (Lipinski definition) is 0. The second-order valence-corrected chi connectivity index (χ2v) is 13.3. The molecule has 0 aliphatic rings. The molecule has 0 saturated carbocycles. The van der Waals surface area contributed by atoms with Crippen LogP contribution in [0.1, 0.15) is 188 Å². The highest BCUT2D eigenvalue weighted by atomic mass is 16.5. The molecule has 0 aromatic carbocycles. The second kappa shape index (κ2) is 35.7. The molecule has 0 aromatic rings. The van der Waals surface area contributed by atoms with Crippen molar-refractivity contribution in [2.24, 2.45) is 5.92 Å². The van der Waals surface area contributed by atoms with Crippen molar-refractivity contribution in [1.29, 1.82) is 0 Å². The highest BCUT2D eigenvalue weighted by Gasteiger charge is 2.19. The maximum absolute atomic E-state index is 12.9. The van der Waals surface area contributed by atoms with Gasteiger partial charge in [0.25, 0.3) is 0 Å². The van der Waals surface area contributed by atoms with Crippen molar-refractivity contribution in [2.75, 3.05) is 46.6 Å². The van der Waals surface area contributed by atoms with E-state index in [0.29, 0.717) is 19.6 Å². The Bertz CT molecular complexity index is 629. The average molecular weight is 640 g/mol. The lowest BCUT2D eigenvalue weighted by molar-refractivity contribution is -0.149. The molecule has 0 bridgehead atoms. The van der Waals surface area contributed by atoms with Crippen LogP contribution in [0.5, 0.6) is 0 Å². The van der Waals surface area contributed by atoms with Crippen molar-refractivity contribution in [3.8, 4) is 0 Å². The minimum Gasteiger partial charge on any atom is -0.466 e. The lowest BCUT2D eigenvalue weighted by Crippen LogP contribution is -2.28. The van der Waals surface area contributed by atoms with Gasteiger partial charge in [-0.2, -0.15) is 0 Å². The molecule has 0 fully saturated rings. The van der Waals surface area contributed by atoms with Crippen LogP contribution in [-0.2, 0) is 23.8 Å². The molecule has 0 saturated heterocycles. The summed E-state index contributed by atoms with van der Waals surface area (Å²) < 4.78 is 16.5. The number of esters is 2. The van der Waals surface area contributed by atoms with Gasteiger partial charge >= 0.3 is 11.9 Å². The standard InChI is InChI=1S/C39H77NO5/c1-5-8-11-14-15-21-29-37(28-20-12-9-6-2)39(42)45-36-26-19-17-24-32-40(33-27-34-43-4)31-23-16-18-25-35-44-38(41)30-22-13-10-7-3/h37H,5-36H2,1-4H3. The van der Waals surface area contributed by atoms with Gasteiger partial charge < -0.3 is 19.1 Å². The molecule has 6 heteroatoms. The van der Waals surface area contributed by atoms with Crippen molar-refractivity contribution in [1.82, 2.24) is 4.90 Å². The quantitative estimate of drug-likeness (QED) is 0.0502. The molecule has 0 radical (unpaired) electrons. The molecule has 0 spiro atoms. The zero-order valence-corrected chi connectivity index (χ0v) is 30.7. The number of carbonyl (C=O) groups is 2. The Balaban J connectivity index is 4.13. The van der Waals surface area contributed by atoms with Crippen LogP contribution >= 0.6 is 0 Å². The van der Waals surface area contributed by atoms with Crippen LogP contribution in [0.4, 0.5) is 0 Å². The first-order valence-corrected chi connectivity index (χ1v) is 19.6. The van der Waals surface area contributed by atoms with E-state index >= 15 is 0 Å². The molecular weight excluding hydrogens is 562 g/mol. The molecule has 0 heterocycles. The van der Waals surface area contributed by atoms with Gasteiger partial charge in [0.2, 0.25) is 0 Å². The Morgan fingerprint density at radius 1 is 0.489 bits per heavy atom. The van der Waals surface area contributed by atoms with Crippen LogP contribution < -0.4 is 0 Å². The lowest BCUT2D eigenvalue weighted by atomic mass is 9.94. The predicted molar refractivity (Wildman–Crippen MR) is 191 cm³/mol. The van der Waals surface area contributed by atoms with Gasteiger partial charge in [-0.25, -0.2) is 0 Å². The number of nitrogens with zero attached hydrogens (tertiary/aromatic N) is 1. The maximum atomic E-state index is 12.9. The minimum absolute atomic E-state index is 0.0286. The van der Waals surface area contributed by atoms with Gasteiger partial charge in [0.05, 0.1) is 19.1 Å². The van der Waals surface area contributed by atoms with Gasteiger partial charge in [-0.1, -0.05) is 130 Å². The summed E-state index contributed by atoms with van der Waals surface area (Å²) in [7, 11) is 1.78. The largest absolute Gasteiger partial charge is 0.466 e. The van der Waals surface area contributed by atoms with Gasteiger partial charge in [0, 0.05) is 26.7 Å². The number of carbonyl (C=O) groups excluding carboxylic acids is 2. The highest BCUT2D eigenvalue weighted by molar-refractivity contribution is 5.72. The number of unbranched alkanes of at least 4 members (excludes halogenated alkanes) is 17. The van der Waals surface area contributed by atoms with E-state index in [9.17, 15) is 9.59 Å². The van der Waals surface area contributed by atoms with Gasteiger partial charge in [0.15, 0.2) is 0 Å². The second-order valence-electron chi connectivity index (χ2n) is 13.3. The first kappa shape index (κ1) is 43.9. The molecule has 1 atom stereocenters. The van der Waals surface area contributed by atoms with E-state index in [2.05, 4.69) is 25.7 Å². The minimum atomic E-state index is -0.0286. The summed E-state index contributed by atoms with van der Waals surface area (Å²) in [5.74, 6) is 0.132. The predicted octanol–water partition coefficient (Wildman–Crippen LogP) is 10.8. The van der Waals surface area contributed by atoms with Gasteiger partial charge in [-0.15, -0.1) is 0 Å². The number of rotatable bonds is 36. The van der Waals surface area contributed by atoms with E-state index in [4.69, 9.17) is 14.2 Å². The summed E-state index contributed by atoms with van der Waals surface area (Å²) >= 11 is 0. The first-order valence-electron chi connectivity index (χ1n) is 19.6. The first-order chi connectivity index (χ1) is 22.1. The smallest absolute Gasteiger partial charge is 0.308 e. The van der Waals surface area contributed by atoms with Crippen molar-refractivity contribution in [2.45, 2.75) is 188 Å². The van der Waals surface area contributed by atoms with Gasteiger partial charge in [-0.05, 0) is 64.5 Å². The number of ether oxygens (including phenoxy) is 3. The average Bonchev–Trinajstić information content (AvgIpc) is 3.04. The van der Waals surface area contributed by atoms with E-state index in [-0.39, 0.29) is 17.9 Å². The van der Waals surface area contributed by atoms with E-state index in [1.165, 1.54) is 89.9 Å². The van der Waals surface area contributed by atoms with Crippen LogP contribution in [0, 0.1) is 5.92 Å². The van der Waals surface area contributed by atoms with Crippen LogP contribution in [-0.4, -0.2) is 63.4 Å². The highest BCUT2D eigenvalue weighted by Crippen LogP contribution is 2.21. The molecule has 0 N–H and O–H groups in total. The van der Waals surface area contributed by atoms with Gasteiger partial charge in [-0.3, -0.25) is 9.59 Å². The number of methoxy groups -OCH3 is 1. The van der Waals surface area contributed by atoms with E-state index in [0.717, 1.165) is 96.9 Å². The summed E-state index contributed by atoms with van der Waals surface area (Å²) in [6.07, 6.45) is 29.5. The molecule has 0 aliphatic carbocycles. The molecule has 0 amide bonds. The Kier molecular flexibility index (Phi) is 34.8. The molecule has 268 valence electrons. The van der Waals surface area contributed by atoms with Crippen LogP contribution in [0.25, 0.3) is 0 Å². The van der Waals surface area contributed by atoms with E-state index in [1.54, 1.807) is 7.11 Å². The third kappa shape index (κ3) is 31.2. The van der Waals surface area contributed by atoms with Crippen molar-refractivity contribution in [3.63, 3.8) is 0 Å². The SMILES string of the molecule is CCCCCCCCC(CCCCCC)C(=O)OCCCCCCN(CCCCCCOC(=O)CCCCCC)CCCOC. The molecule has 6 nitrogen and oxygen atoms in total. The maximum Gasteiger partial charge on any atom is 0.308 e. The van der Waals surface area contributed by atoms with Crippen molar-refractivity contribution < 1.29 is 23.8 Å². The Hall–Kier alpha value is -1.14. The van der Waals surface area contributed by atoms with Gasteiger partial charge in [0.1, 0.15) is 0 Å².